The zero-order valence-electron chi connectivity index (χ0n) is 25.7. The molecule has 3 aromatic rings. The molecule has 2 aromatic heterocycles. The quantitative estimate of drug-likeness (QED) is 0.282. The number of allylic oxidation sites excluding steroid dienone is 1. The summed E-state index contributed by atoms with van der Waals surface area (Å²) in [5.74, 6) is 2.17. The predicted molar refractivity (Wildman–Crippen MR) is 171 cm³/mol. The van der Waals surface area contributed by atoms with Gasteiger partial charge in [-0.25, -0.2) is 20.0 Å². The molecule has 1 amide bonds. The molecule has 0 atom stereocenters. The number of carbonyl (C=O) groups is 2. The monoisotopic (exact) mass is 596 g/mol. The van der Waals surface area contributed by atoms with E-state index in [2.05, 4.69) is 52.5 Å². The van der Waals surface area contributed by atoms with Crippen molar-refractivity contribution in [3.05, 3.63) is 65.4 Å². The zero-order chi connectivity index (χ0) is 30.7. The lowest BCUT2D eigenvalue weighted by atomic mass is 9.86. The van der Waals surface area contributed by atoms with Gasteiger partial charge in [0.2, 0.25) is 12.4 Å². The van der Waals surface area contributed by atoms with Crippen molar-refractivity contribution in [3.63, 3.8) is 0 Å². The second kappa shape index (κ2) is 12.7. The molecule has 1 N–H and O–H groups in total. The van der Waals surface area contributed by atoms with E-state index >= 15 is 0 Å². The molecule has 0 unspecified atom stereocenters. The highest BCUT2D eigenvalue weighted by molar-refractivity contribution is 5.85. The van der Waals surface area contributed by atoms with Gasteiger partial charge in [-0.05, 0) is 74.5 Å². The summed E-state index contributed by atoms with van der Waals surface area (Å²) in [6.45, 7) is 8.68. The summed E-state index contributed by atoms with van der Waals surface area (Å²) >= 11 is 0. The topological polar surface area (TPSA) is 107 Å². The van der Waals surface area contributed by atoms with Crippen LogP contribution in [0, 0.1) is 0 Å². The van der Waals surface area contributed by atoms with Crippen molar-refractivity contribution in [1.82, 2.24) is 24.9 Å². The van der Waals surface area contributed by atoms with Crippen molar-refractivity contribution in [2.24, 2.45) is 0 Å². The molecule has 11 nitrogen and oxygen atoms in total. The van der Waals surface area contributed by atoms with Crippen LogP contribution in [0.15, 0.2) is 48.7 Å². The Balaban J connectivity index is 1.39. The average molecular weight is 597 g/mol. The fourth-order valence-electron chi connectivity index (χ4n) is 6.23. The van der Waals surface area contributed by atoms with Crippen LogP contribution in [0.5, 0.6) is 5.75 Å². The van der Waals surface area contributed by atoms with Gasteiger partial charge in [0, 0.05) is 50.5 Å². The number of anilines is 5. The molecule has 6 rings (SSSR count). The third kappa shape index (κ3) is 5.89. The van der Waals surface area contributed by atoms with Gasteiger partial charge in [0.15, 0.2) is 29.5 Å². The summed E-state index contributed by atoms with van der Waals surface area (Å²) in [5.41, 5.74) is 4.31. The summed E-state index contributed by atoms with van der Waals surface area (Å²) in [6, 6.07) is 10.2. The SMILES string of the molecule is CCOc1ccc2nc1N(C=O)CCC/C=C\CN(C)N2c1nc(Nc2ccc3c(c2)CN(CC)CC32CC2)ncc1C=O. The van der Waals surface area contributed by atoms with Crippen LogP contribution in [0.4, 0.5) is 29.1 Å². The van der Waals surface area contributed by atoms with Crippen molar-refractivity contribution in [2.45, 2.75) is 51.5 Å². The number of hydrogen-bond acceptors (Lipinski definition) is 10. The Kier molecular flexibility index (Phi) is 8.58. The zero-order valence-corrected chi connectivity index (χ0v) is 25.7. The molecule has 0 saturated heterocycles. The Morgan fingerprint density at radius 1 is 1.07 bits per heavy atom. The Morgan fingerprint density at radius 3 is 2.68 bits per heavy atom. The van der Waals surface area contributed by atoms with Crippen LogP contribution in [-0.2, 0) is 16.8 Å². The van der Waals surface area contributed by atoms with Gasteiger partial charge in [-0.2, -0.15) is 4.98 Å². The van der Waals surface area contributed by atoms with E-state index in [1.54, 1.807) is 16.0 Å². The number of rotatable bonds is 8. The lowest BCUT2D eigenvalue weighted by molar-refractivity contribution is -0.107. The molecule has 4 heterocycles. The van der Waals surface area contributed by atoms with Crippen LogP contribution in [0.25, 0.3) is 0 Å². The van der Waals surface area contributed by atoms with E-state index in [4.69, 9.17) is 14.7 Å². The molecule has 44 heavy (non-hydrogen) atoms. The second-order valence-electron chi connectivity index (χ2n) is 11.7. The molecule has 230 valence electrons. The van der Waals surface area contributed by atoms with E-state index in [0.717, 1.165) is 50.9 Å². The Bertz CT molecular complexity index is 1560. The molecule has 3 aliphatic rings. The number of aldehydes is 1. The number of amides is 1. The second-order valence-corrected chi connectivity index (χ2v) is 11.7. The number of nitrogens with one attached hydrogen (secondary N) is 1. The van der Waals surface area contributed by atoms with E-state index in [-0.39, 0.29) is 0 Å². The maximum Gasteiger partial charge on any atom is 0.229 e. The van der Waals surface area contributed by atoms with E-state index in [9.17, 15) is 9.59 Å². The number of pyridine rings is 1. The summed E-state index contributed by atoms with van der Waals surface area (Å²) < 4.78 is 5.84. The number of benzene rings is 1. The standard InChI is InChI=1S/C33H40N8O3/c1-4-39-20-24-18-26(10-11-27(24)33(22-39)14-15-33)35-32-34-19-25(21-42)30(37-32)41-29-13-12-28(44-5-2)31(36-29)40(23-43)17-9-7-6-8-16-38(41)3/h6,8,10-13,18-19,21,23H,4-5,7,9,14-17,20,22H2,1-3H3,(H,34,35,37)/b8-6-. The average Bonchev–Trinajstić information content (AvgIpc) is 3.80. The van der Waals surface area contributed by atoms with Gasteiger partial charge < -0.3 is 10.1 Å². The van der Waals surface area contributed by atoms with Gasteiger partial charge in [-0.3, -0.25) is 19.4 Å². The van der Waals surface area contributed by atoms with Crippen molar-refractivity contribution in [3.8, 4) is 5.75 Å². The Labute approximate surface area is 258 Å². The van der Waals surface area contributed by atoms with Crippen LogP contribution < -0.4 is 20.0 Å². The van der Waals surface area contributed by atoms with Crippen LogP contribution in [-0.4, -0.2) is 77.4 Å². The molecule has 1 spiro atoms. The number of hydrazine groups is 1. The molecule has 1 fully saturated rings. The molecular weight excluding hydrogens is 556 g/mol. The maximum atomic E-state index is 12.3. The molecule has 2 bridgehead atoms. The summed E-state index contributed by atoms with van der Waals surface area (Å²) in [7, 11) is 1.91. The first-order valence-corrected chi connectivity index (χ1v) is 15.5. The lowest BCUT2D eigenvalue weighted by Gasteiger charge is -2.34. The van der Waals surface area contributed by atoms with Gasteiger partial charge in [0.1, 0.15) is 0 Å². The number of ether oxygens (including phenoxy) is 1. The first-order valence-electron chi connectivity index (χ1n) is 15.5. The summed E-state index contributed by atoms with van der Waals surface area (Å²) in [4.78, 5) is 42.8. The van der Waals surface area contributed by atoms with Crippen molar-refractivity contribution in [2.75, 3.05) is 55.1 Å². The number of nitrogens with zero attached hydrogens (tertiary/aromatic N) is 7. The smallest absolute Gasteiger partial charge is 0.229 e. The fourth-order valence-corrected chi connectivity index (χ4v) is 6.23. The lowest BCUT2D eigenvalue weighted by Crippen LogP contribution is -2.38. The minimum absolute atomic E-state index is 0.306. The molecule has 1 aliphatic carbocycles. The first kappa shape index (κ1) is 29.7. The van der Waals surface area contributed by atoms with E-state index in [1.165, 1.54) is 30.2 Å². The van der Waals surface area contributed by atoms with Gasteiger partial charge in [-0.15, -0.1) is 0 Å². The van der Waals surface area contributed by atoms with Crippen LogP contribution in [0.3, 0.4) is 0 Å². The highest BCUT2D eigenvalue weighted by Gasteiger charge is 2.48. The summed E-state index contributed by atoms with van der Waals surface area (Å²) in [6.07, 6.45) is 11.3. The minimum atomic E-state index is 0.306. The minimum Gasteiger partial charge on any atom is -0.490 e. The van der Waals surface area contributed by atoms with Crippen molar-refractivity contribution < 1.29 is 14.3 Å². The molecule has 2 aliphatic heterocycles. The number of carbonyl (C=O) groups excluding carboxylic acids is 2. The molecule has 11 heteroatoms. The highest BCUT2D eigenvalue weighted by atomic mass is 16.5. The van der Waals surface area contributed by atoms with Gasteiger partial charge >= 0.3 is 0 Å². The molecular formula is C33H40N8O3. The van der Waals surface area contributed by atoms with Crippen LogP contribution in [0.2, 0.25) is 0 Å². The van der Waals surface area contributed by atoms with E-state index < -0.39 is 0 Å². The number of hydrogen-bond donors (Lipinski definition) is 1. The number of fused-ring (bicyclic) bond motifs is 4. The Morgan fingerprint density at radius 2 is 1.93 bits per heavy atom. The highest BCUT2D eigenvalue weighted by Crippen LogP contribution is 2.52. The Hall–Kier alpha value is -4.35. The number of aromatic nitrogens is 3. The largest absolute Gasteiger partial charge is 0.490 e. The molecule has 1 saturated carbocycles. The fraction of sp³-hybridized carbons (Fsp3) is 0.424. The third-order valence-corrected chi connectivity index (χ3v) is 8.67. The van der Waals surface area contributed by atoms with E-state index in [1.807, 2.05) is 25.0 Å². The van der Waals surface area contributed by atoms with Crippen molar-refractivity contribution >= 4 is 41.8 Å². The molecule has 1 aromatic carbocycles. The molecule has 0 radical (unpaired) electrons. The van der Waals surface area contributed by atoms with Gasteiger partial charge in [-0.1, -0.05) is 25.1 Å². The van der Waals surface area contributed by atoms with Gasteiger partial charge in [0.05, 0.1) is 12.2 Å². The predicted octanol–water partition coefficient (Wildman–Crippen LogP) is 4.99. The maximum absolute atomic E-state index is 12.3. The van der Waals surface area contributed by atoms with Crippen LogP contribution in [0.1, 0.15) is 61.0 Å². The number of likely N-dealkylation sites (N-methyl/N-ethyl adjacent to an activating group) is 2. The third-order valence-electron chi connectivity index (χ3n) is 8.67. The van der Waals surface area contributed by atoms with Gasteiger partial charge in [0.25, 0.3) is 0 Å². The first-order chi connectivity index (χ1) is 21.5. The van der Waals surface area contributed by atoms with Crippen LogP contribution >= 0.6 is 0 Å². The van der Waals surface area contributed by atoms with E-state index in [0.29, 0.717) is 59.8 Å². The summed E-state index contributed by atoms with van der Waals surface area (Å²) in [5, 5.41) is 7.10. The van der Waals surface area contributed by atoms with Crippen molar-refractivity contribution in [1.29, 1.82) is 0 Å². The normalized spacial score (nSPS) is 19.0.